The van der Waals surface area contributed by atoms with E-state index in [0.717, 1.165) is 19.5 Å². The fraction of sp³-hybridized carbons (Fsp3) is 0.944. The minimum absolute atomic E-state index is 0.151. The zero-order valence-corrected chi connectivity index (χ0v) is 14.4. The molecule has 1 heterocycles. The van der Waals surface area contributed by atoms with Crippen LogP contribution in [0.1, 0.15) is 77.6 Å². The second-order valence-electron chi connectivity index (χ2n) is 6.59. The molecule has 1 aliphatic heterocycles. The van der Waals surface area contributed by atoms with Crippen LogP contribution in [0.4, 0.5) is 0 Å². The number of hydrogen-bond donors (Lipinski definition) is 1. The normalized spacial score (nSPS) is 19.4. The van der Waals surface area contributed by atoms with Gasteiger partial charge in [0, 0.05) is 13.1 Å². The Hall–Kier alpha value is -0.610. The van der Waals surface area contributed by atoms with Gasteiger partial charge in [0.1, 0.15) is 0 Å². The van der Waals surface area contributed by atoms with Crippen LogP contribution in [0.25, 0.3) is 0 Å². The molecule has 0 aliphatic carbocycles. The third-order valence-electron chi connectivity index (χ3n) is 4.46. The molecule has 0 radical (unpaired) electrons. The summed E-state index contributed by atoms with van der Waals surface area (Å²) in [6.07, 6.45) is 14.8. The molecule has 1 saturated heterocycles. The third kappa shape index (κ3) is 10.2. The van der Waals surface area contributed by atoms with E-state index in [1.54, 1.807) is 0 Å². The molecule has 1 atom stereocenters. The monoisotopic (exact) mass is 313 g/mol. The summed E-state index contributed by atoms with van der Waals surface area (Å²) in [7, 11) is 0. The molecule has 4 heteroatoms. The van der Waals surface area contributed by atoms with Gasteiger partial charge in [-0.05, 0) is 6.42 Å². The molecule has 0 aromatic heterocycles. The van der Waals surface area contributed by atoms with E-state index in [-0.39, 0.29) is 12.6 Å². The van der Waals surface area contributed by atoms with Gasteiger partial charge in [0.05, 0.1) is 19.3 Å². The summed E-state index contributed by atoms with van der Waals surface area (Å²) in [5.74, 6) is -0.736. The molecule has 0 aromatic carbocycles. The first-order valence-electron chi connectivity index (χ1n) is 9.28. The Bertz CT molecular complexity index is 284. The lowest BCUT2D eigenvalue weighted by Crippen LogP contribution is -2.44. The quantitative estimate of drug-likeness (QED) is 0.520. The van der Waals surface area contributed by atoms with E-state index < -0.39 is 5.97 Å². The van der Waals surface area contributed by atoms with Crippen LogP contribution in [0.2, 0.25) is 0 Å². The number of nitrogens with zero attached hydrogens (tertiary/aromatic N) is 1. The fourth-order valence-corrected chi connectivity index (χ4v) is 3.15. The molecule has 1 N–H and O–H groups in total. The largest absolute Gasteiger partial charge is 0.480 e. The van der Waals surface area contributed by atoms with E-state index in [1.807, 2.05) is 4.90 Å². The average Bonchev–Trinajstić information content (AvgIpc) is 2.49. The van der Waals surface area contributed by atoms with Crippen molar-refractivity contribution in [3.63, 3.8) is 0 Å². The first kappa shape index (κ1) is 19.4. The molecule has 0 saturated carbocycles. The molecule has 0 aromatic rings. The smallest absolute Gasteiger partial charge is 0.317 e. The first-order chi connectivity index (χ1) is 10.7. The molecule has 22 heavy (non-hydrogen) atoms. The second kappa shape index (κ2) is 12.9. The first-order valence-corrected chi connectivity index (χ1v) is 9.28. The minimum Gasteiger partial charge on any atom is -0.480 e. The maximum Gasteiger partial charge on any atom is 0.317 e. The Balaban J connectivity index is 1.90. The number of carboxylic acid groups (broad SMARTS) is 1. The molecule has 4 nitrogen and oxygen atoms in total. The molecule has 1 unspecified atom stereocenters. The summed E-state index contributed by atoms with van der Waals surface area (Å²) in [5, 5.41) is 8.83. The van der Waals surface area contributed by atoms with Gasteiger partial charge in [-0.1, -0.05) is 71.1 Å². The number of unbranched alkanes of at least 4 members (excludes halogenated alkanes) is 9. The van der Waals surface area contributed by atoms with Gasteiger partial charge < -0.3 is 9.84 Å². The van der Waals surface area contributed by atoms with Crippen molar-refractivity contribution in [3.8, 4) is 0 Å². The Morgan fingerprint density at radius 2 is 1.64 bits per heavy atom. The number of morpholine rings is 1. The average molecular weight is 313 g/mol. The van der Waals surface area contributed by atoms with Crippen molar-refractivity contribution in [1.82, 2.24) is 4.90 Å². The maximum absolute atomic E-state index is 10.7. The number of carbonyl (C=O) groups is 1. The Kier molecular flexibility index (Phi) is 11.4. The molecular formula is C18H35NO3. The third-order valence-corrected chi connectivity index (χ3v) is 4.46. The van der Waals surface area contributed by atoms with Gasteiger partial charge in [-0.3, -0.25) is 9.69 Å². The van der Waals surface area contributed by atoms with Crippen LogP contribution < -0.4 is 0 Å². The highest BCUT2D eigenvalue weighted by Gasteiger charge is 2.21. The van der Waals surface area contributed by atoms with E-state index in [9.17, 15) is 4.79 Å². The van der Waals surface area contributed by atoms with Crippen molar-refractivity contribution in [1.29, 1.82) is 0 Å². The Labute approximate surface area is 136 Å². The van der Waals surface area contributed by atoms with Crippen molar-refractivity contribution in [3.05, 3.63) is 0 Å². The molecule has 1 rings (SSSR count). The van der Waals surface area contributed by atoms with Gasteiger partial charge in [-0.25, -0.2) is 0 Å². The highest BCUT2D eigenvalue weighted by atomic mass is 16.5. The van der Waals surface area contributed by atoms with E-state index >= 15 is 0 Å². The van der Waals surface area contributed by atoms with Crippen molar-refractivity contribution < 1.29 is 14.6 Å². The molecule has 0 bridgehead atoms. The van der Waals surface area contributed by atoms with Gasteiger partial charge in [0.15, 0.2) is 0 Å². The fourth-order valence-electron chi connectivity index (χ4n) is 3.15. The summed E-state index contributed by atoms with van der Waals surface area (Å²) in [6, 6.07) is 0. The lowest BCUT2D eigenvalue weighted by atomic mass is 10.0. The number of carboxylic acids is 1. The van der Waals surface area contributed by atoms with Crippen LogP contribution in [-0.4, -0.2) is 48.3 Å². The molecule has 1 aliphatic rings. The SMILES string of the molecule is CCCCCCCCCCCCC1CN(CC(=O)O)CCO1. The van der Waals surface area contributed by atoms with Crippen LogP contribution in [-0.2, 0) is 9.53 Å². The summed E-state index contributed by atoms with van der Waals surface area (Å²) >= 11 is 0. The Morgan fingerprint density at radius 1 is 1.05 bits per heavy atom. The van der Waals surface area contributed by atoms with Crippen molar-refractivity contribution >= 4 is 5.97 Å². The van der Waals surface area contributed by atoms with E-state index in [1.165, 1.54) is 64.2 Å². The van der Waals surface area contributed by atoms with Gasteiger partial charge >= 0.3 is 5.97 Å². The predicted molar refractivity (Wildman–Crippen MR) is 90.3 cm³/mol. The lowest BCUT2D eigenvalue weighted by molar-refractivity contribution is -0.140. The zero-order valence-electron chi connectivity index (χ0n) is 14.4. The molecule has 0 spiro atoms. The molecule has 1 fully saturated rings. The number of rotatable bonds is 13. The van der Waals surface area contributed by atoms with Gasteiger partial charge in [-0.15, -0.1) is 0 Å². The maximum atomic E-state index is 10.7. The summed E-state index contributed by atoms with van der Waals surface area (Å²) < 4.78 is 5.74. The summed E-state index contributed by atoms with van der Waals surface area (Å²) in [4.78, 5) is 12.7. The van der Waals surface area contributed by atoms with Crippen LogP contribution in [0.5, 0.6) is 0 Å². The van der Waals surface area contributed by atoms with Gasteiger partial charge in [0.25, 0.3) is 0 Å². The van der Waals surface area contributed by atoms with Crippen molar-refractivity contribution in [2.45, 2.75) is 83.7 Å². The predicted octanol–water partition coefficient (Wildman–Crippen LogP) is 4.08. The van der Waals surface area contributed by atoms with Gasteiger partial charge in [0.2, 0.25) is 0 Å². The van der Waals surface area contributed by atoms with Crippen molar-refractivity contribution in [2.24, 2.45) is 0 Å². The zero-order chi connectivity index (χ0) is 16.0. The van der Waals surface area contributed by atoms with E-state index in [2.05, 4.69) is 6.92 Å². The van der Waals surface area contributed by atoms with Crippen LogP contribution >= 0.6 is 0 Å². The van der Waals surface area contributed by atoms with Crippen LogP contribution in [0, 0.1) is 0 Å². The second-order valence-corrected chi connectivity index (χ2v) is 6.59. The highest BCUT2D eigenvalue weighted by molar-refractivity contribution is 5.69. The number of aliphatic carboxylic acids is 1. The Morgan fingerprint density at radius 3 is 2.23 bits per heavy atom. The summed E-state index contributed by atoms with van der Waals surface area (Å²) in [6.45, 7) is 4.62. The van der Waals surface area contributed by atoms with Crippen LogP contribution in [0.15, 0.2) is 0 Å². The van der Waals surface area contributed by atoms with E-state index in [4.69, 9.17) is 9.84 Å². The minimum atomic E-state index is -0.736. The number of hydrogen-bond acceptors (Lipinski definition) is 3. The lowest BCUT2D eigenvalue weighted by Gasteiger charge is -2.31. The standard InChI is InChI=1S/C18H35NO3/c1-2-3-4-5-6-7-8-9-10-11-12-17-15-19(13-14-22-17)16-18(20)21/h17H,2-16H2,1H3,(H,20,21). The summed E-state index contributed by atoms with van der Waals surface area (Å²) in [5.41, 5.74) is 0. The van der Waals surface area contributed by atoms with E-state index in [0.29, 0.717) is 6.61 Å². The molecule has 130 valence electrons. The van der Waals surface area contributed by atoms with Gasteiger partial charge in [-0.2, -0.15) is 0 Å². The number of ether oxygens (including phenoxy) is 1. The molecule has 0 amide bonds. The topological polar surface area (TPSA) is 49.8 Å². The van der Waals surface area contributed by atoms with Crippen LogP contribution in [0.3, 0.4) is 0 Å². The van der Waals surface area contributed by atoms with Crippen molar-refractivity contribution in [2.75, 3.05) is 26.2 Å². The highest BCUT2D eigenvalue weighted by Crippen LogP contribution is 2.15. The molecular weight excluding hydrogens is 278 g/mol.